The van der Waals surface area contributed by atoms with Crippen molar-refractivity contribution in [1.82, 2.24) is 15.1 Å². The van der Waals surface area contributed by atoms with E-state index in [4.69, 9.17) is 9.26 Å². The number of carbonyl (C=O) groups is 1. The Balaban J connectivity index is 2.26. The first-order valence-electron chi connectivity index (χ1n) is 7.10. The first kappa shape index (κ1) is 15.2. The van der Waals surface area contributed by atoms with Gasteiger partial charge < -0.3 is 9.26 Å². The lowest BCUT2D eigenvalue weighted by atomic mass is 10.0. The largest absolute Gasteiger partial charge is 0.465 e. The van der Waals surface area contributed by atoms with Crippen LogP contribution in [0.2, 0.25) is 0 Å². The summed E-state index contributed by atoms with van der Waals surface area (Å²) in [7, 11) is 0. The van der Waals surface area contributed by atoms with Crippen molar-refractivity contribution in [3.63, 3.8) is 0 Å². The second-order valence-corrected chi connectivity index (χ2v) is 4.71. The van der Waals surface area contributed by atoms with E-state index in [0.29, 0.717) is 24.5 Å². The number of hydrogen-bond donors (Lipinski definition) is 0. The highest BCUT2D eigenvalue weighted by atomic mass is 16.5. The normalized spacial score (nSPS) is 12.1. The van der Waals surface area contributed by atoms with Gasteiger partial charge in [-0.15, -0.1) is 0 Å². The zero-order valence-corrected chi connectivity index (χ0v) is 12.5. The van der Waals surface area contributed by atoms with E-state index in [-0.39, 0.29) is 11.9 Å². The van der Waals surface area contributed by atoms with Gasteiger partial charge in [-0.05, 0) is 32.4 Å². The van der Waals surface area contributed by atoms with E-state index in [0.717, 1.165) is 12.1 Å². The topological polar surface area (TPSA) is 78.1 Å². The van der Waals surface area contributed by atoms with E-state index < -0.39 is 5.92 Å². The van der Waals surface area contributed by atoms with Crippen molar-refractivity contribution < 1.29 is 14.1 Å². The van der Waals surface area contributed by atoms with Crippen molar-refractivity contribution in [2.45, 2.75) is 39.5 Å². The molecule has 0 saturated heterocycles. The molecule has 2 rings (SSSR count). The maximum atomic E-state index is 12.0. The van der Waals surface area contributed by atoms with E-state index in [1.165, 1.54) is 0 Å². The van der Waals surface area contributed by atoms with Crippen LogP contribution in [-0.4, -0.2) is 27.7 Å². The molecule has 6 heteroatoms. The summed E-state index contributed by atoms with van der Waals surface area (Å²) < 4.78 is 10.3. The molecular weight excluding hydrogens is 270 g/mol. The van der Waals surface area contributed by atoms with Gasteiger partial charge in [-0.3, -0.25) is 4.79 Å². The number of pyridine rings is 1. The molecule has 2 aromatic rings. The summed E-state index contributed by atoms with van der Waals surface area (Å²) in [4.78, 5) is 20.6. The minimum absolute atomic E-state index is 0.286. The molecule has 2 aromatic heterocycles. The summed E-state index contributed by atoms with van der Waals surface area (Å²) in [5, 5.41) is 3.92. The number of hydrogen-bond acceptors (Lipinski definition) is 6. The minimum Gasteiger partial charge on any atom is -0.465 e. The Bertz CT molecular complexity index is 610. The van der Waals surface area contributed by atoms with Gasteiger partial charge >= 0.3 is 5.97 Å². The van der Waals surface area contributed by atoms with Gasteiger partial charge in [-0.1, -0.05) is 24.6 Å². The zero-order chi connectivity index (χ0) is 15.2. The lowest BCUT2D eigenvalue weighted by Gasteiger charge is -2.09. The Morgan fingerprint density at radius 1 is 1.33 bits per heavy atom. The lowest BCUT2D eigenvalue weighted by molar-refractivity contribution is -0.145. The van der Waals surface area contributed by atoms with Crippen LogP contribution in [0.4, 0.5) is 0 Å². The predicted molar refractivity (Wildman–Crippen MR) is 76.5 cm³/mol. The first-order valence-corrected chi connectivity index (χ1v) is 7.10. The van der Waals surface area contributed by atoms with Crippen LogP contribution < -0.4 is 0 Å². The number of ether oxygens (including phenoxy) is 1. The molecule has 0 bridgehead atoms. The van der Waals surface area contributed by atoms with Gasteiger partial charge in [0.05, 0.1) is 6.61 Å². The van der Waals surface area contributed by atoms with E-state index >= 15 is 0 Å². The molecule has 0 aliphatic carbocycles. The molecule has 112 valence electrons. The fourth-order valence-electron chi connectivity index (χ4n) is 2.02. The molecule has 0 fully saturated rings. The lowest BCUT2D eigenvalue weighted by Crippen LogP contribution is -2.16. The van der Waals surface area contributed by atoms with E-state index in [2.05, 4.69) is 15.1 Å². The second kappa shape index (κ2) is 6.97. The van der Waals surface area contributed by atoms with Crippen molar-refractivity contribution in [1.29, 1.82) is 0 Å². The van der Waals surface area contributed by atoms with E-state index in [1.807, 2.05) is 26.0 Å². The average Bonchev–Trinajstić information content (AvgIpc) is 2.94. The van der Waals surface area contributed by atoms with Gasteiger partial charge in [0.15, 0.2) is 0 Å². The number of aryl methyl sites for hydroxylation is 1. The van der Waals surface area contributed by atoms with Gasteiger partial charge in [0, 0.05) is 5.69 Å². The summed E-state index contributed by atoms with van der Waals surface area (Å²) in [6.07, 6.45) is 1.44. The van der Waals surface area contributed by atoms with Crippen LogP contribution in [0.1, 0.15) is 44.2 Å². The van der Waals surface area contributed by atoms with E-state index in [1.54, 1.807) is 13.0 Å². The summed E-state index contributed by atoms with van der Waals surface area (Å²) in [5.41, 5.74) is 1.50. The number of carbonyl (C=O) groups excluding carboxylic acids is 1. The van der Waals surface area contributed by atoms with Gasteiger partial charge in [-0.2, -0.15) is 4.98 Å². The molecule has 0 aliphatic heterocycles. The van der Waals surface area contributed by atoms with Crippen LogP contribution in [0.5, 0.6) is 0 Å². The molecule has 1 atom stereocenters. The third-order valence-corrected chi connectivity index (χ3v) is 3.01. The Morgan fingerprint density at radius 3 is 2.81 bits per heavy atom. The van der Waals surface area contributed by atoms with Crippen LogP contribution in [0.15, 0.2) is 22.7 Å². The van der Waals surface area contributed by atoms with Gasteiger partial charge in [0.1, 0.15) is 11.6 Å². The summed E-state index contributed by atoms with van der Waals surface area (Å²) >= 11 is 0. The first-order chi connectivity index (χ1) is 10.2. The number of esters is 1. The Morgan fingerprint density at radius 2 is 2.14 bits per heavy atom. The molecule has 1 unspecified atom stereocenters. The third kappa shape index (κ3) is 3.65. The molecule has 0 aromatic carbocycles. The molecule has 0 amide bonds. The fourth-order valence-corrected chi connectivity index (χ4v) is 2.02. The average molecular weight is 289 g/mol. The molecule has 0 aliphatic rings. The zero-order valence-electron chi connectivity index (χ0n) is 12.5. The smallest absolute Gasteiger partial charge is 0.318 e. The highest BCUT2D eigenvalue weighted by Gasteiger charge is 2.27. The molecule has 2 heterocycles. The van der Waals surface area contributed by atoms with Crippen LogP contribution >= 0.6 is 0 Å². The molecule has 0 spiro atoms. The van der Waals surface area contributed by atoms with Gasteiger partial charge in [0.2, 0.25) is 11.7 Å². The van der Waals surface area contributed by atoms with Crippen LogP contribution in [0.25, 0.3) is 11.5 Å². The van der Waals surface area contributed by atoms with Crippen LogP contribution in [0, 0.1) is 6.92 Å². The van der Waals surface area contributed by atoms with Crippen molar-refractivity contribution >= 4 is 5.97 Å². The molecular formula is C15H19N3O3. The Kier molecular flexibility index (Phi) is 5.03. The highest BCUT2D eigenvalue weighted by Crippen LogP contribution is 2.24. The fraction of sp³-hybridized carbons (Fsp3) is 0.467. The molecule has 21 heavy (non-hydrogen) atoms. The monoisotopic (exact) mass is 289 g/mol. The summed E-state index contributed by atoms with van der Waals surface area (Å²) in [6.45, 7) is 5.99. The molecule has 0 N–H and O–H groups in total. The predicted octanol–water partition coefficient (Wildman–Crippen LogP) is 2.89. The van der Waals surface area contributed by atoms with Crippen LogP contribution in [-0.2, 0) is 9.53 Å². The van der Waals surface area contributed by atoms with Crippen LogP contribution in [0.3, 0.4) is 0 Å². The van der Waals surface area contributed by atoms with Crippen molar-refractivity contribution in [2.24, 2.45) is 0 Å². The number of rotatable bonds is 6. The van der Waals surface area contributed by atoms with Crippen molar-refractivity contribution in [3.05, 3.63) is 29.8 Å². The SMILES string of the molecule is CCCC(C(=O)OCC)c1nc(-c2cccc(C)n2)no1. The Labute approximate surface area is 123 Å². The number of aromatic nitrogens is 3. The van der Waals surface area contributed by atoms with E-state index in [9.17, 15) is 4.79 Å². The standard InChI is InChI=1S/C15H19N3O3/c1-4-7-11(15(19)20-5-2)14-17-13(18-21-14)12-9-6-8-10(3)16-12/h6,8-9,11H,4-5,7H2,1-3H3. The maximum absolute atomic E-state index is 12.0. The molecule has 6 nitrogen and oxygen atoms in total. The van der Waals surface area contributed by atoms with Crippen molar-refractivity contribution in [2.75, 3.05) is 6.61 Å². The molecule has 0 radical (unpaired) electrons. The summed E-state index contributed by atoms with van der Waals surface area (Å²) in [5.74, 6) is -0.166. The van der Waals surface area contributed by atoms with Gasteiger partial charge in [-0.25, -0.2) is 4.98 Å². The minimum atomic E-state index is -0.513. The second-order valence-electron chi connectivity index (χ2n) is 4.71. The highest BCUT2D eigenvalue weighted by molar-refractivity contribution is 5.76. The number of nitrogens with zero attached hydrogens (tertiary/aromatic N) is 3. The quantitative estimate of drug-likeness (QED) is 0.761. The molecule has 0 saturated carbocycles. The summed E-state index contributed by atoms with van der Waals surface area (Å²) in [6, 6.07) is 5.58. The Hall–Kier alpha value is -2.24. The maximum Gasteiger partial charge on any atom is 0.318 e. The third-order valence-electron chi connectivity index (χ3n) is 3.01. The van der Waals surface area contributed by atoms with Gasteiger partial charge in [0.25, 0.3) is 0 Å². The van der Waals surface area contributed by atoms with Crippen molar-refractivity contribution in [3.8, 4) is 11.5 Å².